The number of hydrogen-bond donors (Lipinski definition) is 1. The monoisotopic (exact) mass is 792 g/mol. The van der Waals surface area contributed by atoms with E-state index in [1.54, 1.807) is 91.0 Å². The average molecular weight is 793 g/mol. The molecule has 1 heterocycles. The molecule has 0 spiro atoms. The Bertz CT molecular complexity index is 2460. The number of nitrogens with zero attached hydrogens (tertiary/aromatic N) is 1. The van der Waals surface area contributed by atoms with Crippen LogP contribution in [0.4, 0.5) is 0 Å². The van der Waals surface area contributed by atoms with Crippen molar-refractivity contribution in [1.82, 2.24) is 0 Å². The van der Waals surface area contributed by atoms with Crippen LogP contribution in [0.1, 0.15) is 51.8 Å². The molecule has 6 aromatic carbocycles. The van der Waals surface area contributed by atoms with Gasteiger partial charge in [0.1, 0.15) is 12.7 Å². The topological polar surface area (TPSA) is 179 Å². The summed E-state index contributed by atoms with van der Waals surface area (Å²) in [6.45, 7) is -0.583. The first-order valence-electron chi connectivity index (χ1n) is 18.4. The number of hydrogen-bond acceptors (Lipinski definition) is 12. The maximum absolute atomic E-state index is 13.9. The van der Waals surface area contributed by atoms with Crippen molar-refractivity contribution in [3.63, 3.8) is 0 Å². The fourth-order valence-corrected chi connectivity index (χ4v) is 6.32. The Balaban J connectivity index is 1.28. The highest BCUT2D eigenvalue weighted by Crippen LogP contribution is 2.32. The maximum Gasteiger partial charge on any atom is 0.365 e. The standard InChI is InChI=1S/C46H36N2O11/c47-41(48-59-46(53)35-26-25-29-15-13-14-24-34(29)27-35)40-39(58-45(52)33-22-11-4-12-23-33)38(57-44(51)32-20-9-3-10-21-32)37(56-43(50)31-18-7-2-8-19-31)36(55-40)28-54-42(49)30-16-5-1-6-17-30/h1-27,36-40H,28H2,(H2,47,48)/t36-,37-,38+,39-,40-/m1/s1. The van der Waals surface area contributed by atoms with E-state index in [0.29, 0.717) is 0 Å². The van der Waals surface area contributed by atoms with Gasteiger partial charge in [0.2, 0.25) is 0 Å². The molecule has 0 bridgehead atoms. The van der Waals surface area contributed by atoms with Gasteiger partial charge in [0, 0.05) is 0 Å². The summed E-state index contributed by atoms with van der Waals surface area (Å²) < 4.78 is 30.2. The van der Waals surface area contributed by atoms with E-state index in [1.165, 1.54) is 48.5 Å². The van der Waals surface area contributed by atoms with Gasteiger partial charge in [-0.2, -0.15) is 0 Å². The van der Waals surface area contributed by atoms with Gasteiger partial charge in [-0.25, -0.2) is 24.0 Å². The average Bonchev–Trinajstić information content (AvgIpc) is 3.29. The molecular weight excluding hydrogens is 757 g/mol. The van der Waals surface area contributed by atoms with Gasteiger partial charge >= 0.3 is 29.8 Å². The van der Waals surface area contributed by atoms with Gasteiger partial charge in [-0.15, -0.1) is 0 Å². The molecular formula is C46H36N2O11. The van der Waals surface area contributed by atoms with E-state index < -0.39 is 72.8 Å². The van der Waals surface area contributed by atoms with Crippen LogP contribution in [0.3, 0.4) is 0 Å². The van der Waals surface area contributed by atoms with Crippen molar-refractivity contribution >= 4 is 46.5 Å². The number of ether oxygens (including phenoxy) is 5. The van der Waals surface area contributed by atoms with E-state index in [0.717, 1.165) is 10.8 Å². The molecule has 1 aliphatic heterocycles. The normalized spacial score (nSPS) is 18.8. The minimum absolute atomic E-state index is 0.106. The molecule has 0 unspecified atom stereocenters. The molecule has 1 aliphatic rings. The summed E-state index contributed by atoms with van der Waals surface area (Å²) >= 11 is 0. The lowest BCUT2D eigenvalue weighted by atomic mass is 9.93. The smallest absolute Gasteiger partial charge is 0.365 e. The number of oxime groups is 1. The van der Waals surface area contributed by atoms with Crippen LogP contribution in [0.15, 0.2) is 169 Å². The van der Waals surface area contributed by atoms with Crippen molar-refractivity contribution in [3.05, 3.63) is 192 Å². The predicted octanol–water partition coefficient (Wildman–Crippen LogP) is 6.57. The fourth-order valence-electron chi connectivity index (χ4n) is 6.32. The Hall–Kier alpha value is -7.64. The number of esters is 4. The first-order chi connectivity index (χ1) is 28.7. The predicted molar refractivity (Wildman–Crippen MR) is 213 cm³/mol. The van der Waals surface area contributed by atoms with Crippen molar-refractivity contribution in [2.75, 3.05) is 6.61 Å². The molecule has 1 saturated heterocycles. The summed E-state index contributed by atoms with van der Waals surface area (Å²) in [4.78, 5) is 73.1. The zero-order chi connectivity index (χ0) is 41.1. The summed E-state index contributed by atoms with van der Waals surface area (Å²) in [6.07, 6.45) is -8.07. The second kappa shape index (κ2) is 18.5. The van der Waals surface area contributed by atoms with E-state index in [9.17, 15) is 24.0 Å². The molecule has 7 rings (SSSR count). The molecule has 0 aliphatic carbocycles. The lowest BCUT2D eigenvalue weighted by Crippen LogP contribution is -2.65. The van der Waals surface area contributed by atoms with Crippen molar-refractivity contribution < 1.29 is 52.5 Å². The highest BCUT2D eigenvalue weighted by molar-refractivity contribution is 5.96. The number of rotatable bonds is 12. The van der Waals surface area contributed by atoms with E-state index >= 15 is 0 Å². The third kappa shape index (κ3) is 9.67. The number of carbonyl (C=O) groups is 5. The second-order valence-electron chi connectivity index (χ2n) is 13.2. The number of nitrogens with two attached hydrogens (primary N) is 1. The van der Waals surface area contributed by atoms with Crippen LogP contribution in [-0.4, -0.2) is 72.8 Å². The molecule has 0 amide bonds. The van der Waals surface area contributed by atoms with Crippen LogP contribution in [-0.2, 0) is 28.5 Å². The van der Waals surface area contributed by atoms with Crippen LogP contribution in [0.5, 0.6) is 0 Å². The zero-order valence-electron chi connectivity index (χ0n) is 31.2. The summed E-state index contributed by atoms with van der Waals surface area (Å²) in [5, 5.41) is 5.55. The molecule has 59 heavy (non-hydrogen) atoms. The minimum atomic E-state index is -1.70. The number of benzene rings is 6. The Morgan fingerprint density at radius 3 is 1.44 bits per heavy atom. The third-order valence-corrected chi connectivity index (χ3v) is 9.29. The van der Waals surface area contributed by atoms with Crippen molar-refractivity contribution in [2.24, 2.45) is 10.9 Å². The molecule has 0 saturated carbocycles. The Morgan fingerprint density at radius 2 is 0.915 bits per heavy atom. The Labute approximate surface area is 337 Å². The molecule has 0 aromatic heterocycles. The van der Waals surface area contributed by atoms with Crippen molar-refractivity contribution in [3.8, 4) is 0 Å². The quantitative estimate of drug-likeness (QED) is 0.0352. The van der Waals surface area contributed by atoms with Gasteiger partial charge in [0.25, 0.3) is 0 Å². The van der Waals surface area contributed by atoms with Crippen LogP contribution >= 0.6 is 0 Å². The van der Waals surface area contributed by atoms with Gasteiger partial charge in [-0.3, -0.25) is 0 Å². The highest BCUT2D eigenvalue weighted by Gasteiger charge is 2.54. The van der Waals surface area contributed by atoms with Gasteiger partial charge in [0.05, 0.1) is 27.8 Å². The highest BCUT2D eigenvalue weighted by atomic mass is 16.7. The molecule has 0 radical (unpaired) electrons. The molecule has 13 heteroatoms. The molecule has 13 nitrogen and oxygen atoms in total. The van der Waals surface area contributed by atoms with E-state index in [-0.39, 0.29) is 27.8 Å². The Kier molecular flexibility index (Phi) is 12.4. The third-order valence-electron chi connectivity index (χ3n) is 9.29. The first-order valence-corrected chi connectivity index (χ1v) is 18.4. The van der Waals surface area contributed by atoms with Crippen molar-refractivity contribution in [1.29, 1.82) is 0 Å². The first kappa shape index (κ1) is 39.6. The summed E-state index contributed by atoms with van der Waals surface area (Å²) in [6, 6.07) is 44.2. The van der Waals surface area contributed by atoms with Gasteiger partial charge in [-0.1, -0.05) is 108 Å². The number of carbonyl (C=O) groups excluding carboxylic acids is 5. The van der Waals surface area contributed by atoms with E-state index in [2.05, 4.69) is 5.16 Å². The molecule has 6 aromatic rings. The largest absolute Gasteiger partial charge is 0.459 e. The number of fused-ring (bicyclic) bond motifs is 1. The maximum atomic E-state index is 13.9. The summed E-state index contributed by atoms with van der Waals surface area (Å²) in [5.74, 6) is -4.80. The SMILES string of the molecule is N/C(=N\OC(=O)c1ccc2ccccc2c1)[C@@H]1O[C@H](COC(=O)c2ccccc2)[C@@H](OC(=O)c2ccccc2)[C@H](OC(=O)c2ccccc2)[C@H]1OC(=O)c1ccccc1. The molecule has 5 atom stereocenters. The van der Waals surface area contributed by atoms with Gasteiger partial charge in [0.15, 0.2) is 30.3 Å². The Morgan fingerprint density at radius 1 is 0.475 bits per heavy atom. The van der Waals surface area contributed by atoms with Crippen molar-refractivity contribution in [2.45, 2.75) is 30.5 Å². The lowest BCUT2D eigenvalue weighted by Gasteiger charge is -2.44. The lowest BCUT2D eigenvalue weighted by molar-refractivity contribution is -0.213. The van der Waals surface area contributed by atoms with E-state index in [1.807, 2.05) is 24.3 Å². The minimum Gasteiger partial charge on any atom is -0.459 e. The van der Waals surface area contributed by atoms with Crippen LogP contribution < -0.4 is 5.73 Å². The summed E-state index contributed by atoms with van der Waals surface area (Å²) in [7, 11) is 0. The zero-order valence-corrected chi connectivity index (χ0v) is 31.2. The molecule has 1 fully saturated rings. The van der Waals surface area contributed by atoms with E-state index in [4.69, 9.17) is 34.3 Å². The van der Waals surface area contributed by atoms with Crippen LogP contribution in [0, 0.1) is 0 Å². The molecule has 2 N–H and O–H groups in total. The van der Waals surface area contributed by atoms with Crippen LogP contribution in [0.2, 0.25) is 0 Å². The van der Waals surface area contributed by atoms with Gasteiger partial charge < -0.3 is 34.3 Å². The van der Waals surface area contributed by atoms with Gasteiger partial charge in [-0.05, 0) is 71.4 Å². The van der Waals surface area contributed by atoms with Crippen LogP contribution in [0.25, 0.3) is 10.8 Å². The summed E-state index contributed by atoms with van der Waals surface area (Å²) in [5.41, 5.74) is 7.23. The number of amidine groups is 1. The fraction of sp³-hybridized carbons (Fsp3) is 0.130. The molecule has 296 valence electrons. The second-order valence-corrected chi connectivity index (χ2v) is 13.2.